The zero-order valence-electron chi connectivity index (χ0n) is 23.0. The fourth-order valence-electron chi connectivity index (χ4n) is 4.86. The number of allylic oxidation sites excluding steroid dienone is 4. The lowest BCUT2D eigenvalue weighted by atomic mass is 9.90. The van der Waals surface area contributed by atoms with Gasteiger partial charge in [-0.2, -0.15) is 0 Å². The Morgan fingerprint density at radius 3 is 1.89 bits per heavy atom. The molecular weight excluding hydrogens is 444 g/mol. The lowest BCUT2D eigenvalue weighted by Gasteiger charge is -2.44. The maximum Gasteiger partial charge on any atom is 0.261 e. The third kappa shape index (κ3) is 8.15. The monoisotopic (exact) mass is 490 g/mol. The lowest BCUT2D eigenvalue weighted by Crippen LogP contribution is -2.67. The first-order valence-electron chi connectivity index (χ1n) is 13.1. The van der Waals surface area contributed by atoms with Gasteiger partial charge in [-0.05, 0) is 72.9 Å². The van der Waals surface area contributed by atoms with Crippen LogP contribution in [0.1, 0.15) is 74.1 Å². The quantitative estimate of drug-likeness (QED) is 0.126. The van der Waals surface area contributed by atoms with Crippen molar-refractivity contribution in [3.8, 4) is 0 Å². The van der Waals surface area contributed by atoms with Crippen LogP contribution in [0.25, 0.3) is 0 Å². The summed E-state index contributed by atoms with van der Waals surface area (Å²) in [7, 11) is -2.51. The van der Waals surface area contributed by atoms with Gasteiger partial charge in [0.05, 0.1) is 0 Å². The van der Waals surface area contributed by atoms with Crippen LogP contribution in [-0.2, 0) is 9.22 Å². The molecule has 0 saturated heterocycles. The van der Waals surface area contributed by atoms with E-state index in [4.69, 9.17) is 4.43 Å². The number of carbonyl (C=O) groups excluding carboxylic acids is 1. The Hall–Kier alpha value is -2.23. The van der Waals surface area contributed by atoms with Crippen LogP contribution < -0.4 is 10.4 Å². The maximum absolute atomic E-state index is 10.6. The highest BCUT2D eigenvalue weighted by Crippen LogP contribution is 2.37. The molecule has 0 spiro atoms. The van der Waals surface area contributed by atoms with Gasteiger partial charge in [0.2, 0.25) is 0 Å². The third-order valence-corrected chi connectivity index (χ3v) is 12.2. The van der Waals surface area contributed by atoms with Gasteiger partial charge in [0, 0.05) is 6.61 Å². The summed E-state index contributed by atoms with van der Waals surface area (Å²) in [6.07, 6.45) is 9.03. The van der Waals surface area contributed by atoms with Gasteiger partial charge in [-0.3, -0.25) is 4.79 Å². The second-order valence-corrected chi connectivity index (χ2v) is 15.6. The minimum atomic E-state index is -2.51. The molecule has 0 bridgehead atoms. The Labute approximate surface area is 215 Å². The molecule has 2 aromatic carbocycles. The molecule has 0 aliphatic heterocycles. The summed E-state index contributed by atoms with van der Waals surface area (Å²) in [6.45, 7) is 16.7. The smallest absolute Gasteiger partial charge is 0.261 e. The van der Waals surface area contributed by atoms with E-state index in [2.05, 4.69) is 108 Å². The summed E-state index contributed by atoms with van der Waals surface area (Å²) in [5.74, 6) is 1.05. The van der Waals surface area contributed by atoms with Crippen molar-refractivity contribution in [1.82, 2.24) is 0 Å². The van der Waals surface area contributed by atoms with Crippen LogP contribution in [0.4, 0.5) is 0 Å². The number of hydrogen-bond donors (Lipinski definition) is 0. The molecule has 0 N–H and O–H groups in total. The second kappa shape index (κ2) is 13.7. The van der Waals surface area contributed by atoms with Crippen molar-refractivity contribution in [2.24, 2.45) is 11.8 Å². The van der Waals surface area contributed by atoms with Crippen LogP contribution in [0.3, 0.4) is 0 Å². The molecule has 2 nitrogen and oxygen atoms in total. The Bertz CT molecular complexity index is 913. The maximum atomic E-state index is 10.6. The van der Waals surface area contributed by atoms with Crippen LogP contribution in [0, 0.1) is 11.8 Å². The summed E-state index contributed by atoms with van der Waals surface area (Å²) in [6, 6.07) is 21.9. The highest BCUT2D eigenvalue weighted by molar-refractivity contribution is 6.99. The van der Waals surface area contributed by atoms with Gasteiger partial charge in [0.25, 0.3) is 8.32 Å². The van der Waals surface area contributed by atoms with E-state index in [1.807, 2.05) is 6.92 Å². The van der Waals surface area contributed by atoms with Crippen molar-refractivity contribution in [2.75, 3.05) is 6.61 Å². The standard InChI is InChI=1S/C32H46O2Si/c1-26(2)29(22-21-27(3)15-14-16-28(4)23-24-33)25-34-35(32(5,6)7,30-17-10-8-11-18-30)31-19-12-9-13-20-31/h8-13,15,17-20,23-24,26,29H,14,16,21-22,25H2,1-7H3/b27-15+,28-23+. The lowest BCUT2D eigenvalue weighted by molar-refractivity contribution is -0.104. The van der Waals surface area contributed by atoms with E-state index in [9.17, 15) is 4.79 Å². The molecule has 0 saturated carbocycles. The van der Waals surface area contributed by atoms with Gasteiger partial charge in [-0.15, -0.1) is 0 Å². The van der Waals surface area contributed by atoms with E-state index in [0.717, 1.165) is 44.1 Å². The summed E-state index contributed by atoms with van der Waals surface area (Å²) in [4.78, 5) is 10.6. The minimum absolute atomic E-state index is 0.0000486. The van der Waals surface area contributed by atoms with Crippen molar-refractivity contribution in [2.45, 2.75) is 79.2 Å². The molecule has 0 heterocycles. The first-order chi connectivity index (χ1) is 16.6. The SMILES string of the molecule is C/C(=C\C=O)CC/C=C(\C)CCC(CO[Si](c1ccccc1)(c1ccccc1)C(C)(C)C)C(C)C. The molecule has 2 rings (SSSR count). The van der Waals surface area contributed by atoms with Gasteiger partial charge in [0.15, 0.2) is 0 Å². The van der Waals surface area contributed by atoms with Gasteiger partial charge in [-0.1, -0.05) is 113 Å². The molecule has 0 fully saturated rings. The Morgan fingerprint density at radius 2 is 1.43 bits per heavy atom. The molecule has 1 unspecified atom stereocenters. The zero-order valence-corrected chi connectivity index (χ0v) is 24.0. The molecular formula is C32H46O2Si. The van der Waals surface area contributed by atoms with E-state index in [1.54, 1.807) is 6.08 Å². The number of carbonyl (C=O) groups is 1. The Kier molecular flexibility index (Phi) is 11.4. The van der Waals surface area contributed by atoms with E-state index < -0.39 is 8.32 Å². The summed E-state index contributed by atoms with van der Waals surface area (Å²) >= 11 is 0. The third-order valence-electron chi connectivity index (χ3n) is 7.17. The number of rotatable bonds is 13. The molecule has 35 heavy (non-hydrogen) atoms. The normalized spacial score (nSPS) is 14.3. The van der Waals surface area contributed by atoms with E-state index in [1.165, 1.54) is 15.9 Å². The van der Waals surface area contributed by atoms with Crippen LogP contribution in [0.15, 0.2) is 84.0 Å². The van der Waals surface area contributed by atoms with E-state index in [-0.39, 0.29) is 5.04 Å². The van der Waals surface area contributed by atoms with Crippen LogP contribution in [-0.4, -0.2) is 21.2 Å². The van der Waals surface area contributed by atoms with Crippen molar-refractivity contribution in [3.63, 3.8) is 0 Å². The largest absolute Gasteiger partial charge is 0.407 e. The van der Waals surface area contributed by atoms with Crippen LogP contribution in [0.5, 0.6) is 0 Å². The van der Waals surface area contributed by atoms with E-state index in [0.29, 0.717) is 11.8 Å². The molecule has 2 aromatic rings. The fourth-order valence-corrected chi connectivity index (χ4v) is 9.48. The highest BCUT2D eigenvalue weighted by atomic mass is 28.4. The Morgan fingerprint density at radius 1 is 0.886 bits per heavy atom. The summed E-state index contributed by atoms with van der Waals surface area (Å²) in [5, 5.41) is 2.69. The highest BCUT2D eigenvalue weighted by Gasteiger charge is 2.50. The van der Waals surface area contributed by atoms with Crippen molar-refractivity contribution >= 4 is 25.0 Å². The second-order valence-electron chi connectivity index (χ2n) is 11.3. The topological polar surface area (TPSA) is 26.3 Å². The van der Waals surface area contributed by atoms with E-state index >= 15 is 0 Å². The van der Waals surface area contributed by atoms with Crippen LogP contribution in [0.2, 0.25) is 5.04 Å². The minimum Gasteiger partial charge on any atom is -0.407 e. The molecule has 0 aliphatic rings. The predicted octanol–water partition coefficient (Wildman–Crippen LogP) is 7.49. The molecule has 0 amide bonds. The zero-order chi connectivity index (χ0) is 25.9. The average molecular weight is 491 g/mol. The van der Waals surface area contributed by atoms with Crippen molar-refractivity contribution in [1.29, 1.82) is 0 Å². The number of aldehydes is 1. The van der Waals surface area contributed by atoms with Gasteiger partial charge in [0.1, 0.15) is 6.29 Å². The van der Waals surface area contributed by atoms with Gasteiger partial charge >= 0.3 is 0 Å². The van der Waals surface area contributed by atoms with Crippen molar-refractivity contribution in [3.05, 3.63) is 84.0 Å². The predicted molar refractivity (Wildman–Crippen MR) is 154 cm³/mol. The molecule has 0 aliphatic carbocycles. The number of benzene rings is 2. The van der Waals surface area contributed by atoms with Crippen molar-refractivity contribution < 1.29 is 9.22 Å². The molecule has 0 radical (unpaired) electrons. The molecule has 3 heteroatoms. The van der Waals surface area contributed by atoms with Gasteiger partial charge in [-0.25, -0.2) is 0 Å². The average Bonchev–Trinajstić information content (AvgIpc) is 2.81. The molecule has 1 atom stereocenters. The van der Waals surface area contributed by atoms with Gasteiger partial charge < -0.3 is 4.43 Å². The summed E-state index contributed by atoms with van der Waals surface area (Å²) < 4.78 is 7.24. The molecule has 190 valence electrons. The number of hydrogen-bond acceptors (Lipinski definition) is 2. The van der Waals surface area contributed by atoms with Crippen LogP contribution >= 0.6 is 0 Å². The Balaban J connectivity index is 2.23. The fraction of sp³-hybridized carbons (Fsp3) is 0.469. The molecule has 0 aromatic heterocycles. The first-order valence-corrected chi connectivity index (χ1v) is 15.0. The first kappa shape index (κ1) is 29.0. The summed E-state index contributed by atoms with van der Waals surface area (Å²) in [5.41, 5.74) is 2.57.